The molecule has 0 heterocycles. The van der Waals surface area contributed by atoms with Gasteiger partial charge in [0.1, 0.15) is 6.04 Å². The molecule has 3 N–H and O–H groups in total. The zero-order chi connectivity index (χ0) is 19.4. The van der Waals surface area contributed by atoms with Gasteiger partial charge in [0.05, 0.1) is 0 Å². The monoisotopic (exact) mass is 385 g/mol. The topological polar surface area (TPSA) is 87.3 Å². The third-order valence-corrected chi connectivity index (χ3v) is 4.40. The summed E-state index contributed by atoms with van der Waals surface area (Å²) in [5.74, 6) is -0.901. The van der Waals surface area contributed by atoms with Gasteiger partial charge in [-0.3, -0.25) is 14.4 Å². The van der Waals surface area contributed by atoms with Crippen molar-refractivity contribution in [2.75, 3.05) is 5.32 Å². The highest BCUT2D eigenvalue weighted by Crippen LogP contribution is 2.20. The molecular weight excluding hydrogens is 366 g/mol. The van der Waals surface area contributed by atoms with E-state index in [1.165, 1.54) is 0 Å². The van der Waals surface area contributed by atoms with Gasteiger partial charge in [-0.2, -0.15) is 0 Å². The predicted octanol–water partition coefficient (Wildman–Crippen LogP) is 2.99. The maximum atomic E-state index is 12.4. The number of carbonyl (C=O) groups excluding carboxylic acids is 3. The Bertz CT molecular complexity index is 863. The van der Waals surface area contributed by atoms with Crippen LogP contribution in [0.5, 0.6) is 0 Å². The van der Waals surface area contributed by atoms with E-state index in [0.717, 1.165) is 12.8 Å². The lowest BCUT2D eigenvalue weighted by Crippen LogP contribution is -2.41. The number of halogens is 1. The van der Waals surface area contributed by atoms with Gasteiger partial charge in [-0.1, -0.05) is 17.7 Å². The van der Waals surface area contributed by atoms with Crippen LogP contribution in [0.3, 0.4) is 0 Å². The molecule has 27 heavy (non-hydrogen) atoms. The van der Waals surface area contributed by atoms with E-state index in [1.807, 2.05) is 0 Å². The highest BCUT2D eigenvalue weighted by molar-refractivity contribution is 6.30. The second-order valence-electron chi connectivity index (χ2n) is 6.52. The summed E-state index contributed by atoms with van der Waals surface area (Å²) in [6, 6.07) is 12.6. The molecule has 0 aliphatic heterocycles. The summed E-state index contributed by atoms with van der Waals surface area (Å²) in [6.45, 7) is 1.59. The van der Waals surface area contributed by atoms with E-state index < -0.39 is 6.04 Å². The maximum absolute atomic E-state index is 12.4. The summed E-state index contributed by atoms with van der Waals surface area (Å²) >= 11 is 5.80. The minimum Gasteiger partial charge on any atom is -0.349 e. The number of carbonyl (C=O) groups is 3. The second-order valence-corrected chi connectivity index (χ2v) is 6.96. The molecule has 0 aromatic heterocycles. The molecular formula is C20H20ClN3O3. The molecule has 2 aromatic rings. The summed E-state index contributed by atoms with van der Waals surface area (Å²) in [4.78, 5) is 36.6. The standard InChI is InChI=1S/C20H20ClN3O3/c1-12(22-19(26)13-5-7-15(21)8-6-13)18(25)24-17-4-2-3-14(11-17)20(27)23-16-9-10-16/h2-8,11-12,16H,9-10H2,1H3,(H,22,26)(H,23,27)(H,24,25). The van der Waals surface area contributed by atoms with Gasteiger partial charge in [0.25, 0.3) is 11.8 Å². The minimum absolute atomic E-state index is 0.155. The molecule has 7 heteroatoms. The normalized spacial score (nSPS) is 14.1. The zero-order valence-corrected chi connectivity index (χ0v) is 15.5. The van der Waals surface area contributed by atoms with Gasteiger partial charge in [-0.25, -0.2) is 0 Å². The third kappa shape index (κ3) is 5.31. The van der Waals surface area contributed by atoms with Crippen LogP contribution in [-0.4, -0.2) is 29.8 Å². The number of anilines is 1. The maximum Gasteiger partial charge on any atom is 0.251 e. The van der Waals surface area contributed by atoms with E-state index in [2.05, 4.69) is 16.0 Å². The van der Waals surface area contributed by atoms with Crippen LogP contribution in [0.25, 0.3) is 0 Å². The third-order valence-electron chi connectivity index (χ3n) is 4.15. The zero-order valence-electron chi connectivity index (χ0n) is 14.8. The molecule has 1 saturated carbocycles. The van der Waals surface area contributed by atoms with Crippen LogP contribution in [0.4, 0.5) is 5.69 Å². The molecule has 1 aliphatic rings. The number of amides is 3. The Hall–Kier alpha value is -2.86. The SMILES string of the molecule is CC(NC(=O)c1ccc(Cl)cc1)C(=O)Nc1cccc(C(=O)NC2CC2)c1. The number of benzene rings is 2. The molecule has 0 radical (unpaired) electrons. The van der Waals surface area contributed by atoms with E-state index in [1.54, 1.807) is 55.5 Å². The van der Waals surface area contributed by atoms with Gasteiger partial charge in [0.2, 0.25) is 5.91 Å². The largest absolute Gasteiger partial charge is 0.349 e. The van der Waals surface area contributed by atoms with E-state index in [0.29, 0.717) is 21.8 Å². The lowest BCUT2D eigenvalue weighted by Gasteiger charge is -2.15. The lowest BCUT2D eigenvalue weighted by atomic mass is 10.1. The first-order valence-electron chi connectivity index (χ1n) is 8.70. The van der Waals surface area contributed by atoms with Crippen molar-refractivity contribution >= 4 is 35.0 Å². The van der Waals surface area contributed by atoms with E-state index in [4.69, 9.17) is 11.6 Å². The number of rotatable bonds is 6. The fourth-order valence-electron chi connectivity index (χ4n) is 2.43. The summed E-state index contributed by atoms with van der Waals surface area (Å²) in [5.41, 5.74) is 1.39. The van der Waals surface area contributed by atoms with E-state index >= 15 is 0 Å². The summed E-state index contributed by atoms with van der Waals surface area (Å²) in [6.07, 6.45) is 2.01. The van der Waals surface area contributed by atoms with Crippen molar-refractivity contribution < 1.29 is 14.4 Å². The number of nitrogens with one attached hydrogen (secondary N) is 3. The molecule has 1 fully saturated rings. The molecule has 3 rings (SSSR count). The van der Waals surface area contributed by atoms with Gasteiger partial charge < -0.3 is 16.0 Å². The Morgan fingerprint density at radius 2 is 1.70 bits per heavy atom. The van der Waals surface area contributed by atoms with Crippen molar-refractivity contribution in [1.29, 1.82) is 0 Å². The fourth-order valence-corrected chi connectivity index (χ4v) is 2.56. The molecule has 6 nitrogen and oxygen atoms in total. The molecule has 0 bridgehead atoms. The highest BCUT2D eigenvalue weighted by Gasteiger charge is 2.24. The summed E-state index contributed by atoms with van der Waals surface area (Å²) < 4.78 is 0. The van der Waals surface area contributed by atoms with Gasteiger partial charge in [0, 0.05) is 27.9 Å². The molecule has 140 valence electrons. The summed E-state index contributed by atoms with van der Waals surface area (Å²) in [5, 5.41) is 8.79. The molecule has 1 unspecified atom stereocenters. The van der Waals surface area contributed by atoms with Crippen molar-refractivity contribution in [2.24, 2.45) is 0 Å². The average molecular weight is 386 g/mol. The fraction of sp³-hybridized carbons (Fsp3) is 0.250. The first-order valence-corrected chi connectivity index (χ1v) is 9.08. The van der Waals surface area contributed by atoms with Crippen LogP contribution in [-0.2, 0) is 4.79 Å². The Morgan fingerprint density at radius 3 is 2.37 bits per heavy atom. The predicted molar refractivity (Wildman–Crippen MR) is 104 cm³/mol. The number of hydrogen-bond donors (Lipinski definition) is 3. The first kappa shape index (κ1) is 18.9. The van der Waals surface area contributed by atoms with Crippen molar-refractivity contribution in [3.63, 3.8) is 0 Å². The Labute approximate surface area is 162 Å². The molecule has 0 saturated heterocycles. The number of hydrogen-bond acceptors (Lipinski definition) is 3. The quantitative estimate of drug-likeness (QED) is 0.714. The molecule has 3 amide bonds. The van der Waals surface area contributed by atoms with Gasteiger partial charge >= 0.3 is 0 Å². The van der Waals surface area contributed by atoms with Crippen LogP contribution >= 0.6 is 11.6 Å². The van der Waals surface area contributed by atoms with Crippen LogP contribution in [0, 0.1) is 0 Å². The lowest BCUT2D eigenvalue weighted by molar-refractivity contribution is -0.117. The molecule has 0 spiro atoms. The van der Waals surface area contributed by atoms with Crippen molar-refractivity contribution in [3.05, 3.63) is 64.7 Å². The molecule has 2 aromatic carbocycles. The first-order chi connectivity index (χ1) is 12.9. The van der Waals surface area contributed by atoms with Crippen LogP contribution in [0.15, 0.2) is 48.5 Å². The smallest absolute Gasteiger partial charge is 0.251 e. The molecule has 1 aliphatic carbocycles. The van der Waals surface area contributed by atoms with E-state index in [-0.39, 0.29) is 23.8 Å². The van der Waals surface area contributed by atoms with Crippen molar-refractivity contribution in [1.82, 2.24) is 10.6 Å². The average Bonchev–Trinajstić information content (AvgIpc) is 3.46. The Balaban J connectivity index is 1.58. The molecule has 1 atom stereocenters. The van der Waals surface area contributed by atoms with Gasteiger partial charge in [-0.15, -0.1) is 0 Å². The van der Waals surface area contributed by atoms with Crippen LogP contribution < -0.4 is 16.0 Å². The van der Waals surface area contributed by atoms with Crippen molar-refractivity contribution in [3.8, 4) is 0 Å². The van der Waals surface area contributed by atoms with Crippen LogP contribution in [0.2, 0.25) is 5.02 Å². The highest BCUT2D eigenvalue weighted by atomic mass is 35.5. The second kappa shape index (κ2) is 8.22. The minimum atomic E-state index is -0.753. The van der Waals surface area contributed by atoms with Crippen molar-refractivity contribution in [2.45, 2.75) is 31.8 Å². The Kier molecular flexibility index (Phi) is 5.76. The van der Waals surface area contributed by atoms with Crippen LogP contribution in [0.1, 0.15) is 40.5 Å². The summed E-state index contributed by atoms with van der Waals surface area (Å²) in [7, 11) is 0. The van der Waals surface area contributed by atoms with E-state index in [9.17, 15) is 14.4 Å². The van der Waals surface area contributed by atoms with Gasteiger partial charge in [-0.05, 0) is 62.2 Å². The van der Waals surface area contributed by atoms with Gasteiger partial charge in [0.15, 0.2) is 0 Å². The Morgan fingerprint density at radius 1 is 1.00 bits per heavy atom.